The third kappa shape index (κ3) is 4.89. The summed E-state index contributed by atoms with van der Waals surface area (Å²) in [6.07, 6.45) is 4.04. The molecule has 1 atom stereocenters. The number of likely N-dealkylation sites (tertiary alicyclic amines) is 1. The van der Waals surface area contributed by atoms with Crippen LogP contribution in [0.5, 0.6) is 0 Å². The maximum absolute atomic E-state index is 12.9. The van der Waals surface area contributed by atoms with Gasteiger partial charge in [0.25, 0.3) is 5.22 Å². The van der Waals surface area contributed by atoms with E-state index in [2.05, 4.69) is 35.5 Å². The molecule has 0 unspecified atom stereocenters. The number of rotatable bonds is 5. The van der Waals surface area contributed by atoms with Crippen LogP contribution < -0.4 is 5.32 Å². The van der Waals surface area contributed by atoms with Crippen LogP contribution in [0.4, 0.5) is 5.82 Å². The van der Waals surface area contributed by atoms with Crippen LogP contribution in [0.1, 0.15) is 56.7 Å². The van der Waals surface area contributed by atoms with Gasteiger partial charge in [-0.1, -0.05) is 17.8 Å². The lowest BCUT2D eigenvalue weighted by molar-refractivity contribution is -0.129. The lowest BCUT2D eigenvalue weighted by atomic mass is 9.94. The number of amides is 1. The molecule has 1 saturated heterocycles. The van der Waals surface area contributed by atoms with Gasteiger partial charge in [-0.05, 0) is 59.6 Å². The summed E-state index contributed by atoms with van der Waals surface area (Å²) in [5, 5.41) is 4.20. The third-order valence-electron chi connectivity index (χ3n) is 5.54. The molecule has 166 valence electrons. The van der Waals surface area contributed by atoms with Gasteiger partial charge in [-0.25, -0.2) is 9.97 Å². The van der Waals surface area contributed by atoms with Crippen LogP contribution in [0.25, 0.3) is 5.65 Å². The summed E-state index contributed by atoms with van der Waals surface area (Å²) in [6, 6.07) is 6.05. The maximum atomic E-state index is 12.9. The van der Waals surface area contributed by atoms with Gasteiger partial charge in [0.2, 0.25) is 5.91 Å². The Labute approximate surface area is 187 Å². The molecular formula is C23H31N5O2S. The number of hydrogen-bond donors (Lipinski definition) is 1. The average molecular weight is 442 g/mol. The smallest absolute Gasteiger partial charge is 0.256 e. The minimum atomic E-state index is -0.0896. The second-order valence-corrected chi connectivity index (χ2v) is 10.2. The second kappa shape index (κ2) is 8.57. The van der Waals surface area contributed by atoms with Crippen molar-refractivity contribution in [1.29, 1.82) is 0 Å². The molecule has 31 heavy (non-hydrogen) atoms. The summed E-state index contributed by atoms with van der Waals surface area (Å²) in [7, 11) is 0. The van der Waals surface area contributed by atoms with Crippen molar-refractivity contribution in [2.24, 2.45) is 0 Å². The number of carbonyl (C=O) groups is 1. The Balaban J connectivity index is 1.51. The van der Waals surface area contributed by atoms with Gasteiger partial charge in [-0.2, -0.15) is 0 Å². The van der Waals surface area contributed by atoms with E-state index in [0.717, 1.165) is 48.0 Å². The fourth-order valence-corrected chi connectivity index (χ4v) is 4.74. The zero-order chi connectivity index (χ0) is 22.2. The molecule has 0 radical (unpaired) electrons. The normalized spacial score (nSPS) is 17.3. The largest absolute Gasteiger partial charge is 0.437 e. The third-order valence-corrected chi connectivity index (χ3v) is 6.35. The molecule has 0 bridgehead atoms. The summed E-state index contributed by atoms with van der Waals surface area (Å²) in [5.74, 6) is 2.50. The predicted octanol–water partition coefficient (Wildman–Crippen LogP) is 4.65. The molecule has 8 heteroatoms. The lowest BCUT2D eigenvalue weighted by Gasteiger charge is -2.33. The number of oxazole rings is 1. The Morgan fingerprint density at radius 1 is 1.29 bits per heavy atom. The number of nitrogens with zero attached hydrogens (tertiary/aromatic N) is 4. The van der Waals surface area contributed by atoms with E-state index in [1.54, 1.807) is 0 Å². The summed E-state index contributed by atoms with van der Waals surface area (Å²) in [6.45, 7) is 11.7. The van der Waals surface area contributed by atoms with E-state index < -0.39 is 0 Å². The zero-order valence-electron chi connectivity index (χ0n) is 18.9. The van der Waals surface area contributed by atoms with Gasteiger partial charge in [0.15, 0.2) is 0 Å². The van der Waals surface area contributed by atoms with Crippen molar-refractivity contribution in [3.63, 3.8) is 0 Å². The first-order valence-corrected chi connectivity index (χ1v) is 11.8. The van der Waals surface area contributed by atoms with Gasteiger partial charge in [-0.15, -0.1) is 0 Å². The monoisotopic (exact) mass is 441 g/mol. The van der Waals surface area contributed by atoms with E-state index in [9.17, 15) is 4.79 Å². The Morgan fingerprint density at radius 3 is 2.81 bits per heavy atom. The fraction of sp³-hybridized carbons (Fsp3) is 0.522. The van der Waals surface area contributed by atoms with Crippen LogP contribution in [-0.4, -0.2) is 49.6 Å². The maximum Gasteiger partial charge on any atom is 0.256 e. The molecule has 1 fully saturated rings. The molecule has 1 N–H and O–H groups in total. The van der Waals surface area contributed by atoms with Crippen LogP contribution in [0, 0.1) is 13.8 Å². The van der Waals surface area contributed by atoms with Crippen LogP contribution >= 0.6 is 11.8 Å². The molecule has 1 aliphatic heterocycles. The molecule has 0 saturated carbocycles. The molecule has 0 aromatic carbocycles. The first-order chi connectivity index (χ1) is 14.7. The van der Waals surface area contributed by atoms with Crippen molar-refractivity contribution < 1.29 is 9.21 Å². The van der Waals surface area contributed by atoms with Crippen molar-refractivity contribution in [2.75, 3.05) is 24.2 Å². The van der Waals surface area contributed by atoms with E-state index in [1.165, 1.54) is 11.8 Å². The molecule has 7 nitrogen and oxygen atoms in total. The number of pyridine rings is 1. The van der Waals surface area contributed by atoms with E-state index in [4.69, 9.17) is 9.40 Å². The highest BCUT2D eigenvalue weighted by molar-refractivity contribution is 7.99. The molecule has 3 aromatic rings. The standard InChI is InChI=1S/C23H31N5O2S/c1-15-16(2)30-22(24-15)31-14-19(29)27-11-8-9-17(13-27)20-21(26-23(3,4)5)28-12-7-6-10-18(28)25-20/h6-7,10,12,17,26H,8-9,11,13-14H2,1-5H3/t17-/m0/s1. The Hall–Kier alpha value is -2.48. The summed E-state index contributed by atoms with van der Waals surface area (Å²) in [5.41, 5.74) is 2.76. The summed E-state index contributed by atoms with van der Waals surface area (Å²) < 4.78 is 7.71. The highest BCUT2D eigenvalue weighted by Crippen LogP contribution is 2.34. The predicted molar refractivity (Wildman–Crippen MR) is 124 cm³/mol. The van der Waals surface area contributed by atoms with Crippen molar-refractivity contribution in [3.05, 3.63) is 41.5 Å². The topological polar surface area (TPSA) is 75.7 Å². The van der Waals surface area contributed by atoms with Crippen LogP contribution in [-0.2, 0) is 4.79 Å². The highest BCUT2D eigenvalue weighted by atomic mass is 32.2. The number of aryl methyl sites for hydroxylation is 2. The lowest BCUT2D eigenvalue weighted by Crippen LogP contribution is -2.40. The van der Waals surface area contributed by atoms with Gasteiger partial charge < -0.3 is 14.6 Å². The van der Waals surface area contributed by atoms with Crippen molar-refractivity contribution in [1.82, 2.24) is 19.3 Å². The van der Waals surface area contributed by atoms with Gasteiger partial charge in [-0.3, -0.25) is 9.20 Å². The molecule has 0 spiro atoms. The first kappa shape index (κ1) is 21.7. The molecule has 3 aromatic heterocycles. The number of nitrogens with one attached hydrogen (secondary N) is 1. The molecule has 4 rings (SSSR count). The molecule has 1 aliphatic rings. The van der Waals surface area contributed by atoms with Gasteiger partial charge >= 0.3 is 0 Å². The van der Waals surface area contributed by atoms with Crippen molar-refractivity contribution in [3.8, 4) is 0 Å². The molecule has 1 amide bonds. The number of carbonyl (C=O) groups excluding carboxylic acids is 1. The number of hydrogen-bond acceptors (Lipinski definition) is 6. The van der Waals surface area contributed by atoms with Gasteiger partial charge in [0.1, 0.15) is 17.2 Å². The molecule has 0 aliphatic carbocycles. The number of imidazole rings is 1. The van der Waals surface area contributed by atoms with Crippen molar-refractivity contribution >= 4 is 29.1 Å². The van der Waals surface area contributed by atoms with Crippen LogP contribution in [0.2, 0.25) is 0 Å². The van der Waals surface area contributed by atoms with E-state index in [1.807, 2.05) is 43.1 Å². The zero-order valence-corrected chi connectivity index (χ0v) is 19.8. The van der Waals surface area contributed by atoms with E-state index in [0.29, 0.717) is 17.5 Å². The Bertz CT molecular complexity index is 1060. The average Bonchev–Trinajstić information content (AvgIpc) is 3.25. The number of thioether (sulfide) groups is 1. The highest BCUT2D eigenvalue weighted by Gasteiger charge is 2.30. The summed E-state index contributed by atoms with van der Waals surface area (Å²) in [4.78, 5) is 24.2. The molecular weight excluding hydrogens is 410 g/mol. The van der Waals surface area contributed by atoms with Crippen molar-refractivity contribution in [2.45, 2.75) is 64.1 Å². The Kier molecular flexibility index (Phi) is 6.01. The van der Waals surface area contributed by atoms with Crippen LogP contribution in [0.3, 0.4) is 0 Å². The number of piperidine rings is 1. The number of aromatic nitrogens is 3. The molecule has 4 heterocycles. The first-order valence-electron chi connectivity index (χ1n) is 10.8. The minimum Gasteiger partial charge on any atom is -0.437 e. The van der Waals surface area contributed by atoms with E-state index >= 15 is 0 Å². The second-order valence-electron chi connectivity index (χ2n) is 9.24. The Morgan fingerprint density at radius 2 is 2.10 bits per heavy atom. The summed E-state index contributed by atoms with van der Waals surface area (Å²) >= 11 is 1.37. The van der Waals surface area contributed by atoms with E-state index in [-0.39, 0.29) is 17.4 Å². The number of anilines is 1. The quantitative estimate of drug-likeness (QED) is 0.581. The van der Waals surface area contributed by atoms with Gasteiger partial charge in [0.05, 0.1) is 17.1 Å². The SMILES string of the molecule is Cc1nc(SCC(=O)N2CCC[C@H](c3nc4ccccn4c3NC(C)(C)C)C2)oc1C. The minimum absolute atomic E-state index is 0.0896. The fourth-order valence-electron chi connectivity index (χ4n) is 3.92. The van der Waals surface area contributed by atoms with Gasteiger partial charge in [0, 0.05) is 30.7 Å². The van der Waals surface area contributed by atoms with Crippen LogP contribution in [0.15, 0.2) is 34.0 Å². The number of fused-ring (bicyclic) bond motifs is 1.